The zero-order valence-corrected chi connectivity index (χ0v) is 13.1. The molecule has 0 fully saturated rings. The molecule has 0 aliphatic rings. The molecule has 0 spiro atoms. The van der Waals surface area contributed by atoms with Gasteiger partial charge in [-0.05, 0) is 32.4 Å². The fourth-order valence-electron chi connectivity index (χ4n) is 2.10. The van der Waals surface area contributed by atoms with Crippen LogP contribution in [0, 0.1) is 6.92 Å². The minimum Gasteiger partial charge on any atom is -0.391 e. The third-order valence-electron chi connectivity index (χ3n) is 3.20. The van der Waals surface area contributed by atoms with Gasteiger partial charge in [0.25, 0.3) is 0 Å². The predicted molar refractivity (Wildman–Crippen MR) is 83.1 cm³/mol. The molecule has 0 unspecified atom stereocenters. The van der Waals surface area contributed by atoms with E-state index in [9.17, 15) is 5.11 Å². The molecule has 0 aliphatic heterocycles. The van der Waals surface area contributed by atoms with Crippen LogP contribution >= 0.6 is 11.3 Å². The van der Waals surface area contributed by atoms with Crippen LogP contribution in [0.25, 0.3) is 0 Å². The summed E-state index contributed by atoms with van der Waals surface area (Å²) in [6.45, 7) is 7.87. The van der Waals surface area contributed by atoms with Gasteiger partial charge in [0.1, 0.15) is 0 Å². The number of aliphatic hydroxyl groups is 1. The number of hydrogen-bond acceptors (Lipinski definition) is 5. The van der Waals surface area contributed by atoms with E-state index in [2.05, 4.69) is 28.7 Å². The summed E-state index contributed by atoms with van der Waals surface area (Å²) >= 11 is 1.58. The Labute approximate surface area is 124 Å². The molecule has 5 heteroatoms. The van der Waals surface area contributed by atoms with E-state index in [0.29, 0.717) is 0 Å². The van der Waals surface area contributed by atoms with Crippen molar-refractivity contribution in [1.29, 1.82) is 0 Å². The largest absolute Gasteiger partial charge is 0.391 e. The van der Waals surface area contributed by atoms with Gasteiger partial charge in [-0.2, -0.15) is 0 Å². The van der Waals surface area contributed by atoms with Crippen LogP contribution < -0.4 is 4.90 Å². The van der Waals surface area contributed by atoms with E-state index in [4.69, 9.17) is 0 Å². The second kappa shape index (κ2) is 6.81. The molecular formula is C15H21N3OS. The first-order valence-electron chi connectivity index (χ1n) is 6.94. The molecule has 2 aromatic heterocycles. The van der Waals surface area contributed by atoms with Gasteiger partial charge in [-0.25, -0.2) is 4.98 Å². The monoisotopic (exact) mass is 291 g/mol. The quantitative estimate of drug-likeness (QED) is 0.889. The second-order valence-electron chi connectivity index (χ2n) is 4.66. The zero-order valence-electron chi connectivity index (χ0n) is 12.3. The van der Waals surface area contributed by atoms with Crippen molar-refractivity contribution in [3.8, 4) is 0 Å². The first-order valence-corrected chi connectivity index (χ1v) is 7.76. The normalized spacial score (nSPS) is 10.8. The molecule has 108 valence electrons. The summed E-state index contributed by atoms with van der Waals surface area (Å²) in [4.78, 5) is 12.4. The van der Waals surface area contributed by atoms with E-state index in [1.54, 1.807) is 11.3 Å². The third kappa shape index (κ3) is 3.35. The highest BCUT2D eigenvalue weighted by Gasteiger charge is 2.14. The Balaban J connectivity index is 2.21. The Bertz CT molecular complexity index is 546. The topological polar surface area (TPSA) is 49.2 Å². The summed E-state index contributed by atoms with van der Waals surface area (Å²) in [5.74, 6) is 0. The lowest BCUT2D eigenvalue weighted by Crippen LogP contribution is -2.22. The van der Waals surface area contributed by atoms with Crippen molar-refractivity contribution in [2.45, 2.75) is 40.3 Å². The van der Waals surface area contributed by atoms with Crippen LogP contribution in [0.15, 0.2) is 18.2 Å². The summed E-state index contributed by atoms with van der Waals surface area (Å²) in [7, 11) is 0. The number of anilines is 1. The Kier molecular flexibility index (Phi) is 5.09. The van der Waals surface area contributed by atoms with Crippen LogP contribution in [0.3, 0.4) is 0 Å². The third-order valence-corrected chi connectivity index (χ3v) is 4.34. The van der Waals surface area contributed by atoms with Gasteiger partial charge in [-0.15, -0.1) is 0 Å². The van der Waals surface area contributed by atoms with Crippen LogP contribution in [0.2, 0.25) is 0 Å². The molecule has 0 aliphatic carbocycles. The van der Waals surface area contributed by atoms with Gasteiger partial charge < -0.3 is 10.0 Å². The molecule has 0 radical (unpaired) electrons. The average molecular weight is 291 g/mol. The van der Waals surface area contributed by atoms with Gasteiger partial charge in [0.2, 0.25) is 0 Å². The van der Waals surface area contributed by atoms with Gasteiger partial charge >= 0.3 is 0 Å². The van der Waals surface area contributed by atoms with Crippen molar-refractivity contribution in [3.05, 3.63) is 40.2 Å². The SMILES string of the molecule is CCc1nc(N(CC)Cc2cccc(C)n2)sc1CO. The van der Waals surface area contributed by atoms with E-state index in [1.165, 1.54) is 0 Å². The van der Waals surface area contributed by atoms with E-state index in [1.807, 2.05) is 25.1 Å². The Morgan fingerprint density at radius 1 is 1.25 bits per heavy atom. The number of thiazole rings is 1. The summed E-state index contributed by atoms with van der Waals surface area (Å²) in [6.07, 6.45) is 0.854. The van der Waals surface area contributed by atoms with Crippen molar-refractivity contribution < 1.29 is 5.11 Å². The Morgan fingerprint density at radius 3 is 2.60 bits per heavy atom. The van der Waals surface area contributed by atoms with Gasteiger partial charge in [-0.3, -0.25) is 4.98 Å². The maximum Gasteiger partial charge on any atom is 0.186 e. The number of aryl methyl sites for hydroxylation is 2. The molecule has 1 N–H and O–H groups in total. The molecule has 0 saturated heterocycles. The summed E-state index contributed by atoms with van der Waals surface area (Å²) in [6, 6.07) is 6.07. The van der Waals surface area contributed by atoms with E-state index < -0.39 is 0 Å². The average Bonchev–Trinajstić information content (AvgIpc) is 2.88. The first kappa shape index (κ1) is 14.9. The second-order valence-corrected chi connectivity index (χ2v) is 5.72. The maximum atomic E-state index is 9.38. The van der Waals surface area contributed by atoms with Gasteiger partial charge in [-0.1, -0.05) is 24.3 Å². The van der Waals surface area contributed by atoms with Gasteiger partial charge in [0.05, 0.1) is 29.4 Å². The first-order chi connectivity index (χ1) is 9.67. The van der Waals surface area contributed by atoms with Crippen LogP contribution in [-0.4, -0.2) is 21.6 Å². The summed E-state index contributed by atoms with van der Waals surface area (Å²) < 4.78 is 0. The molecule has 4 nitrogen and oxygen atoms in total. The standard InChI is InChI=1S/C15H21N3OS/c1-4-13-14(10-19)20-15(17-13)18(5-2)9-12-8-6-7-11(3)16-12/h6-8,19H,4-5,9-10H2,1-3H3. The predicted octanol–water partition coefficient (Wildman–Crippen LogP) is 2.93. The molecule has 20 heavy (non-hydrogen) atoms. The molecule has 2 rings (SSSR count). The number of nitrogens with zero attached hydrogens (tertiary/aromatic N) is 3. The number of rotatable bonds is 6. The molecular weight excluding hydrogens is 270 g/mol. The molecule has 0 aromatic carbocycles. The molecule has 0 amide bonds. The van der Waals surface area contributed by atoms with Gasteiger partial charge in [0.15, 0.2) is 5.13 Å². The smallest absolute Gasteiger partial charge is 0.186 e. The Hall–Kier alpha value is -1.46. The van der Waals surface area contributed by atoms with Gasteiger partial charge in [0, 0.05) is 12.2 Å². The fourth-order valence-corrected chi connectivity index (χ4v) is 3.17. The van der Waals surface area contributed by atoms with Crippen LogP contribution in [-0.2, 0) is 19.6 Å². The van der Waals surface area contributed by atoms with Crippen LogP contribution in [0.1, 0.15) is 35.8 Å². The highest BCUT2D eigenvalue weighted by molar-refractivity contribution is 7.15. The van der Waals surface area contributed by atoms with E-state index in [-0.39, 0.29) is 6.61 Å². The number of pyridine rings is 1. The van der Waals surface area contributed by atoms with E-state index >= 15 is 0 Å². The molecule has 0 saturated carbocycles. The fraction of sp³-hybridized carbons (Fsp3) is 0.467. The summed E-state index contributed by atoms with van der Waals surface area (Å²) in [5, 5.41) is 10.4. The molecule has 0 atom stereocenters. The van der Waals surface area contributed by atoms with Crippen LogP contribution in [0.5, 0.6) is 0 Å². The lowest BCUT2D eigenvalue weighted by Gasteiger charge is -2.19. The zero-order chi connectivity index (χ0) is 14.5. The van der Waals surface area contributed by atoms with Crippen LogP contribution in [0.4, 0.5) is 5.13 Å². The van der Waals surface area contributed by atoms with Crippen molar-refractivity contribution in [3.63, 3.8) is 0 Å². The minimum atomic E-state index is 0.0705. The van der Waals surface area contributed by atoms with Crippen molar-refractivity contribution in [2.75, 3.05) is 11.4 Å². The number of aromatic nitrogens is 2. The lowest BCUT2D eigenvalue weighted by atomic mass is 10.3. The number of hydrogen-bond donors (Lipinski definition) is 1. The van der Waals surface area contributed by atoms with E-state index in [0.717, 1.165) is 46.6 Å². The van der Waals surface area contributed by atoms with Crippen molar-refractivity contribution in [1.82, 2.24) is 9.97 Å². The highest BCUT2D eigenvalue weighted by atomic mass is 32.1. The molecule has 0 bridgehead atoms. The summed E-state index contributed by atoms with van der Waals surface area (Å²) in [5.41, 5.74) is 3.08. The van der Waals surface area contributed by atoms with Crippen molar-refractivity contribution in [2.24, 2.45) is 0 Å². The lowest BCUT2D eigenvalue weighted by molar-refractivity contribution is 0.284. The highest BCUT2D eigenvalue weighted by Crippen LogP contribution is 2.27. The molecule has 2 aromatic rings. The maximum absolute atomic E-state index is 9.38. The number of aliphatic hydroxyl groups excluding tert-OH is 1. The van der Waals surface area contributed by atoms with Crippen molar-refractivity contribution >= 4 is 16.5 Å². The molecule has 2 heterocycles. The Morgan fingerprint density at radius 2 is 2.05 bits per heavy atom. The minimum absolute atomic E-state index is 0.0705.